The third-order valence-corrected chi connectivity index (χ3v) is 4.45. The van der Waals surface area contributed by atoms with Crippen LogP contribution in [0.4, 0.5) is 13.2 Å². The number of benzene rings is 1. The predicted octanol–water partition coefficient (Wildman–Crippen LogP) is 3.52. The first-order valence-electron chi connectivity index (χ1n) is 9.06. The van der Waals surface area contributed by atoms with Gasteiger partial charge in [0.1, 0.15) is 5.75 Å². The molecule has 0 spiro atoms. The molecule has 0 aliphatic heterocycles. The summed E-state index contributed by atoms with van der Waals surface area (Å²) in [6.07, 6.45) is -4.81. The van der Waals surface area contributed by atoms with Gasteiger partial charge in [0.15, 0.2) is 12.3 Å². The summed E-state index contributed by atoms with van der Waals surface area (Å²) < 4.78 is 48.9. The fourth-order valence-corrected chi connectivity index (χ4v) is 3.09. The minimum absolute atomic E-state index is 0.0722. The van der Waals surface area contributed by atoms with Gasteiger partial charge in [-0.15, -0.1) is 18.3 Å². The summed E-state index contributed by atoms with van der Waals surface area (Å²) in [5.41, 5.74) is 2.62. The van der Waals surface area contributed by atoms with Crippen LogP contribution in [-0.2, 0) is 18.4 Å². The van der Waals surface area contributed by atoms with E-state index in [-0.39, 0.29) is 30.3 Å². The monoisotopic (exact) mass is 422 g/mol. The van der Waals surface area contributed by atoms with Gasteiger partial charge in [-0.05, 0) is 31.5 Å². The molecule has 0 bridgehead atoms. The fourth-order valence-electron chi connectivity index (χ4n) is 3.09. The van der Waals surface area contributed by atoms with E-state index in [2.05, 4.69) is 14.8 Å². The van der Waals surface area contributed by atoms with E-state index in [0.717, 1.165) is 11.3 Å². The number of aromatic nitrogens is 3. The van der Waals surface area contributed by atoms with Gasteiger partial charge in [0.25, 0.3) is 5.91 Å². The number of pyridine rings is 1. The number of alkyl halides is 3. The van der Waals surface area contributed by atoms with E-state index in [1.165, 1.54) is 30.1 Å². The third-order valence-electron chi connectivity index (χ3n) is 4.45. The van der Waals surface area contributed by atoms with Crippen LogP contribution in [0.25, 0.3) is 11.0 Å². The molecule has 7 nitrogen and oxygen atoms in total. The minimum atomic E-state index is -4.81. The maximum atomic E-state index is 12.6. The Morgan fingerprint density at radius 1 is 1.23 bits per heavy atom. The number of carbonyl (C=O) groups excluding carboxylic acids is 1. The van der Waals surface area contributed by atoms with Gasteiger partial charge in [-0.1, -0.05) is 18.2 Å². The SMILES string of the molecule is Cc1cc(C)c2c(OCC(=O)N(C)Cc3ccccc3OC(F)(F)F)nn(C)c2n1. The quantitative estimate of drug-likeness (QED) is 0.608. The van der Waals surface area contributed by atoms with Gasteiger partial charge in [-0.3, -0.25) is 4.79 Å². The number of nitrogens with zero attached hydrogens (tertiary/aromatic N) is 4. The lowest BCUT2D eigenvalue weighted by molar-refractivity contribution is -0.275. The van der Waals surface area contributed by atoms with Crippen LogP contribution in [0.2, 0.25) is 0 Å². The highest BCUT2D eigenvalue weighted by atomic mass is 19.4. The molecule has 10 heteroatoms. The van der Waals surface area contributed by atoms with E-state index < -0.39 is 12.3 Å². The maximum Gasteiger partial charge on any atom is 0.573 e. The van der Waals surface area contributed by atoms with Crippen molar-refractivity contribution < 1.29 is 27.4 Å². The van der Waals surface area contributed by atoms with E-state index in [9.17, 15) is 18.0 Å². The van der Waals surface area contributed by atoms with Gasteiger partial charge in [-0.2, -0.15) is 0 Å². The van der Waals surface area contributed by atoms with Crippen LogP contribution in [-0.4, -0.2) is 45.6 Å². The molecule has 0 radical (unpaired) electrons. The largest absolute Gasteiger partial charge is 0.573 e. The van der Waals surface area contributed by atoms with Crippen molar-refractivity contribution in [1.82, 2.24) is 19.7 Å². The Morgan fingerprint density at radius 2 is 1.93 bits per heavy atom. The number of aryl methyl sites for hydroxylation is 3. The lowest BCUT2D eigenvalue weighted by Crippen LogP contribution is -2.31. The Kier molecular flexibility index (Phi) is 5.86. The second-order valence-corrected chi connectivity index (χ2v) is 6.90. The lowest BCUT2D eigenvalue weighted by Gasteiger charge is -2.19. The molecule has 0 saturated carbocycles. The Morgan fingerprint density at radius 3 is 2.63 bits per heavy atom. The van der Waals surface area contributed by atoms with Gasteiger partial charge in [0, 0.05) is 31.9 Å². The number of fused-ring (bicyclic) bond motifs is 1. The number of para-hydroxylation sites is 1. The normalized spacial score (nSPS) is 11.6. The first kappa shape index (κ1) is 21.4. The summed E-state index contributed by atoms with van der Waals surface area (Å²) in [6.45, 7) is 3.38. The van der Waals surface area contributed by atoms with E-state index in [1.807, 2.05) is 19.9 Å². The number of rotatable bonds is 6. The number of hydrogen-bond acceptors (Lipinski definition) is 5. The first-order valence-corrected chi connectivity index (χ1v) is 9.06. The van der Waals surface area contributed by atoms with Crippen LogP contribution in [0, 0.1) is 13.8 Å². The molecule has 0 aliphatic carbocycles. The molecule has 0 fully saturated rings. The molecule has 3 rings (SSSR count). The second kappa shape index (κ2) is 8.21. The molecule has 1 aromatic carbocycles. The Bertz CT molecular complexity index is 1080. The van der Waals surface area contributed by atoms with Crippen LogP contribution in [0.1, 0.15) is 16.8 Å². The summed E-state index contributed by atoms with van der Waals surface area (Å²) in [6, 6.07) is 7.57. The van der Waals surface area contributed by atoms with E-state index in [1.54, 1.807) is 17.8 Å². The Balaban J connectivity index is 1.70. The number of ether oxygens (including phenoxy) is 2. The van der Waals surface area contributed by atoms with E-state index in [0.29, 0.717) is 11.0 Å². The molecule has 1 amide bonds. The van der Waals surface area contributed by atoms with Crippen molar-refractivity contribution in [3.63, 3.8) is 0 Å². The predicted molar refractivity (Wildman–Crippen MR) is 103 cm³/mol. The van der Waals surface area contributed by atoms with Gasteiger partial charge < -0.3 is 14.4 Å². The highest BCUT2D eigenvalue weighted by molar-refractivity contribution is 5.85. The van der Waals surface area contributed by atoms with E-state index in [4.69, 9.17) is 4.74 Å². The van der Waals surface area contributed by atoms with Gasteiger partial charge in [0.05, 0.1) is 5.39 Å². The van der Waals surface area contributed by atoms with Gasteiger partial charge in [0.2, 0.25) is 5.88 Å². The average Bonchev–Trinajstić information content (AvgIpc) is 2.96. The fraction of sp³-hybridized carbons (Fsp3) is 0.350. The zero-order chi connectivity index (χ0) is 22.1. The smallest absolute Gasteiger partial charge is 0.466 e. The number of halogens is 3. The molecule has 0 aliphatic rings. The summed E-state index contributed by atoms with van der Waals surface area (Å²) >= 11 is 0. The van der Waals surface area contributed by atoms with Crippen LogP contribution in [0.5, 0.6) is 11.6 Å². The zero-order valence-electron chi connectivity index (χ0n) is 16.9. The maximum absolute atomic E-state index is 12.6. The number of likely N-dealkylation sites (N-methyl/N-ethyl adjacent to an activating group) is 1. The average molecular weight is 422 g/mol. The summed E-state index contributed by atoms with van der Waals surface area (Å²) in [5.74, 6) is -0.494. The molecule has 0 atom stereocenters. The molecule has 3 aromatic rings. The molecule has 0 unspecified atom stereocenters. The summed E-state index contributed by atoms with van der Waals surface area (Å²) in [5, 5.41) is 4.99. The standard InChI is InChI=1S/C20H21F3N4O3/c1-12-9-13(2)24-18-17(12)19(25-27(18)4)29-11-16(28)26(3)10-14-7-5-6-8-15(14)30-20(21,22)23/h5-9H,10-11H2,1-4H3. The van der Waals surface area contributed by atoms with Crippen molar-refractivity contribution in [3.05, 3.63) is 47.2 Å². The van der Waals surface area contributed by atoms with Crippen molar-refractivity contribution in [3.8, 4) is 11.6 Å². The molecular weight excluding hydrogens is 401 g/mol. The van der Waals surface area contributed by atoms with E-state index >= 15 is 0 Å². The third kappa shape index (κ3) is 4.81. The molecule has 0 N–H and O–H groups in total. The van der Waals surface area contributed by atoms with Crippen molar-refractivity contribution in [2.24, 2.45) is 7.05 Å². The molecule has 30 heavy (non-hydrogen) atoms. The number of carbonyl (C=O) groups is 1. The lowest BCUT2D eigenvalue weighted by atomic mass is 10.2. The molecule has 2 heterocycles. The first-order chi connectivity index (χ1) is 14.0. The number of hydrogen-bond donors (Lipinski definition) is 0. The Labute approximate surface area is 171 Å². The van der Waals surface area contributed by atoms with Crippen molar-refractivity contribution in [2.75, 3.05) is 13.7 Å². The molecule has 160 valence electrons. The van der Waals surface area contributed by atoms with Crippen LogP contribution >= 0.6 is 0 Å². The Hall–Kier alpha value is -3.30. The zero-order valence-corrected chi connectivity index (χ0v) is 16.9. The summed E-state index contributed by atoms with van der Waals surface area (Å²) in [4.78, 5) is 18.2. The topological polar surface area (TPSA) is 69.5 Å². The minimum Gasteiger partial charge on any atom is -0.466 e. The second-order valence-electron chi connectivity index (χ2n) is 6.90. The molecule has 0 saturated heterocycles. The van der Waals surface area contributed by atoms with Gasteiger partial charge >= 0.3 is 6.36 Å². The van der Waals surface area contributed by atoms with Crippen molar-refractivity contribution in [2.45, 2.75) is 26.8 Å². The van der Waals surface area contributed by atoms with Crippen molar-refractivity contribution in [1.29, 1.82) is 0 Å². The highest BCUT2D eigenvalue weighted by Crippen LogP contribution is 2.28. The van der Waals surface area contributed by atoms with Gasteiger partial charge in [-0.25, -0.2) is 9.67 Å². The van der Waals surface area contributed by atoms with Crippen LogP contribution in [0.3, 0.4) is 0 Å². The molecular formula is C20H21F3N4O3. The highest BCUT2D eigenvalue weighted by Gasteiger charge is 2.32. The van der Waals surface area contributed by atoms with Crippen LogP contribution in [0.15, 0.2) is 30.3 Å². The number of amides is 1. The van der Waals surface area contributed by atoms with Crippen molar-refractivity contribution >= 4 is 16.9 Å². The summed E-state index contributed by atoms with van der Waals surface area (Å²) in [7, 11) is 3.20. The molecule has 2 aromatic heterocycles. The van der Waals surface area contributed by atoms with Crippen LogP contribution < -0.4 is 9.47 Å².